The highest BCUT2D eigenvalue weighted by atomic mass is 16.3. The van der Waals surface area contributed by atoms with Gasteiger partial charge < -0.3 is 9.73 Å². The van der Waals surface area contributed by atoms with Crippen LogP contribution in [0, 0.1) is 0 Å². The molecule has 1 aliphatic heterocycles. The van der Waals surface area contributed by atoms with E-state index in [1.165, 1.54) is 23.8 Å². The number of rotatable bonds is 1. The van der Waals surface area contributed by atoms with Gasteiger partial charge in [-0.15, -0.1) is 0 Å². The summed E-state index contributed by atoms with van der Waals surface area (Å²) in [6.45, 7) is 1.13. The Hall–Kier alpha value is -1.28. The molecule has 1 aliphatic rings. The second-order valence-corrected chi connectivity index (χ2v) is 3.84. The SMILES string of the molecule is c1cc([C@H]2CCCN2)c2occc2c1. The van der Waals surface area contributed by atoms with Crippen molar-refractivity contribution in [3.63, 3.8) is 0 Å². The van der Waals surface area contributed by atoms with E-state index in [9.17, 15) is 0 Å². The van der Waals surface area contributed by atoms with Crippen LogP contribution in [-0.2, 0) is 0 Å². The van der Waals surface area contributed by atoms with Crippen molar-refractivity contribution in [1.29, 1.82) is 0 Å². The van der Waals surface area contributed by atoms with E-state index in [0.717, 1.165) is 12.1 Å². The summed E-state index contributed by atoms with van der Waals surface area (Å²) in [6.07, 6.45) is 4.25. The average molecular weight is 187 g/mol. The van der Waals surface area contributed by atoms with Crippen molar-refractivity contribution in [3.05, 3.63) is 36.1 Å². The highest BCUT2D eigenvalue weighted by Gasteiger charge is 2.19. The Bertz CT molecular complexity index is 440. The van der Waals surface area contributed by atoms with Crippen LogP contribution >= 0.6 is 0 Å². The fraction of sp³-hybridized carbons (Fsp3) is 0.333. The summed E-state index contributed by atoms with van der Waals surface area (Å²) < 4.78 is 5.52. The van der Waals surface area contributed by atoms with Crippen LogP contribution in [-0.4, -0.2) is 6.54 Å². The van der Waals surface area contributed by atoms with Crippen molar-refractivity contribution < 1.29 is 4.42 Å². The van der Waals surface area contributed by atoms with Gasteiger partial charge in [0.15, 0.2) is 0 Å². The van der Waals surface area contributed by atoms with Crippen LogP contribution < -0.4 is 5.32 Å². The summed E-state index contributed by atoms with van der Waals surface area (Å²) in [5.74, 6) is 0. The van der Waals surface area contributed by atoms with Crippen molar-refractivity contribution >= 4 is 11.0 Å². The molecule has 14 heavy (non-hydrogen) atoms. The molecule has 0 amide bonds. The minimum absolute atomic E-state index is 0.491. The van der Waals surface area contributed by atoms with Gasteiger partial charge in [0.1, 0.15) is 5.58 Å². The lowest BCUT2D eigenvalue weighted by molar-refractivity contribution is 0.588. The monoisotopic (exact) mass is 187 g/mol. The van der Waals surface area contributed by atoms with Crippen LogP contribution in [0.25, 0.3) is 11.0 Å². The van der Waals surface area contributed by atoms with Gasteiger partial charge in [0.2, 0.25) is 0 Å². The lowest BCUT2D eigenvalue weighted by Gasteiger charge is -2.10. The van der Waals surface area contributed by atoms with Crippen LogP contribution in [0.1, 0.15) is 24.4 Å². The first-order chi connectivity index (χ1) is 6.95. The number of hydrogen-bond donors (Lipinski definition) is 1. The van der Waals surface area contributed by atoms with E-state index in [-0.39, 0.29) is 0 Å². The van der Waals surface area contributed by atoms with Gasteiger partial charge >= 0.3 is 0 Å². The Kier molecular flexibility index (Phi) is 1.81. The zero-order valence-electron chi connectivity index (χ0n) is 7.99. The highest BCUT2D eigenvalue weighted by Crippen LogP contribution is 2.29. The van der Waals surface area contributed by atoms with Gasteiger partial charge in [0, 0.05) is 17.0 Å². The standard InChI is InChI=1S/C12H13NO/c1-3-9-6-8-14-12(9)10(4-1)11-5-2-7-13-11/h1,3-4,6,8,11,13H,2,5,7H2/t11-/m1/s1. The molecule has 1 atom stereocenters. The molecular weight excluding hydrogens is 174 g/mol. The van der Waals surface area contributed by atoms with E-state index < -0.39 is 0 Å². The molecule has 1 fully saturated rings. The van der Waals surface area contributed by atoms with Gasteiger partial charge in [-0.1, -0.05) is 18.2 Å². The maximum atomic E-state index is 5.52. The maximum Gasteiger partial charge on any atom is 0.138 e. The molecule has 1 saturated heterocycles. The van der Waals surface area contributed by atoms with Crippen LogP contribution in [0.5, 0.6) is 0 Å². The molecule has 0 aliphatic carbocycles. The molecule has 0 spiro atoms. The lowest BCUT2D eigenvalue weighted by Crippen LogP contribution is -2.12. The fourth-order valence-electron chi connectivity index (χ4n) is 2.24. The first kappa shape index (κ1) is 8.06. The third-order valence-corrected chi connectivity index (χ3v) is 2.95. The zero-order valence-corrected chi connectivity index (χ0v) is 7.99. The van der Waals surface area contributed by atoms with Crippen LogP contribution in [0.15, 0.2) is 34.9 Å². The Morgan fingerprint density at radius 3 is 3.14 bits per heavy atom. The lowest BCUT2D eigenvalue weighted by atomic mass is 10.0. The molecular formula is C12H13NO. The van der Waals surface area contributed by atoms with Gasteiger partial charge in [-0.05, 0) is 25.5 Å². The largest absolute Gasteiger partial charge is 0.464 e. The summed E-state index contributed by atoms with van der Waals surface area (Å²) in [4.78, 5) is 0. The van der Waals surface area contributed by atoms with Crippen LogP contribution in [0.3, 0.4) is 0 Å². The third kappa shape index (κ3) is 1.15. The second kappa shape index (κ2) is 3.14. The van der Waals surface area contributed by atoms with E-state index >= 15 is 0 Å². The minimum Gasteiger partial charge on any atom is -0.464 e. The normalized spacial score (nSPS) is 21.9. The average Bonchev–Trinajstić information content (AvgIpc) is 2.88. The Labute approximate surface area is 82.9 Å². The summed E-state index contributed by atoms with van der Waals surface area (Å²) in [6, 6.07) is 8.87. The number of nitrogens with one attached hydrogen (secondary N) is 1. The number of furan rings is 1. The topological polar surface area (TPSA) is 25.2 Å². The van der Waals surface area contributed by atoms with Gasteiger partial charge in [-0.3, -0.25) is 0 Å². The first-order valence-corrected chi connectivity index (χ1v) is 5.15. The molecule has 0 unspecified atom stereocenters. The van der Waals surface area contributed by atoms with E-state index in [0.29, 0.717) is 6.04 Å². The molecule has 72 valence electrons. The van der Waals surface area contributed by atoms with Gasteiger partial charge in [0.05, 0.1) is 6.26 Å². The first-order valence-electron chi connectivity index (χ1n) is 5.15. The number of fused-ring (bicyclic) bond motifs is 1. The molecule has 0 radical (unpaired) electrons. The number of benzene rings is 1. The summed E-state index contributed by atoms with van der Waals surface area (Å²) in [5.41, 5.74) is 2.36. The maximum absolute atomic E-state index is 5.52. The molecule has 2 heteroatoms. The quantitative estimate of drug-likeness (QED) is 0.742. The molecule has 0 bridgehead atoms. The number of para-hydroxylation sites is 1. The van der Waals surface area contributed by atoms with Gasteiger partial charge in [0.25, 0.3) is 0 Å². The smallest absolute Gasteiger partial charge is 0.138 e. The van der Waals surface area contributed by atoms with E-state index in [4.69, 9.17) is 4.42 Å². The highest BCUT2D eigenvalue weighted by molar-refractivity contribution is 5.80. The van der Waals surface area contributed by atoms with Crippen molar-refractivity contribution in [2.75, 3.05) is 6.54 Å². The zero-order chi connectivity index (χ0) is 9.38. The Morgan fingerprint density at radius 1 is 1.29 bits per heavy atom. The van der Waals surface area contributed by atoms with Gasteiger partial charge in [-0.2, -0.15) is 0 Å². The molecule has 2 heterocycles. The molecule has 1 aromatic heterocycles. The Morgan fingerprint density at radius 2 is 2.29 bits per heavy atom. The molecule has 2 aromatic rings. The van der Waals surface area contributed by atoms with Gasteiger partial charge in [-0.25, -0.2) is 0 Å². The molecule has 2 nitrogen and oxygen atoms in total. The number of hydrogen-bond acceptors (Lipinski definition) is 2. The predicted molar refractivity (Wildman–Crippen MR) is 56.2 cm³/mol. The summed E-state index contributed by atoms with van der Waals surface area (Å²) in [5, 5.41) is 4.70. The molecule has 3 rings (SSSR count). The molecule has 1 N–H and O–H groups in total. The second-order valence-electron chi connectivity index (χ2n) is 3.84. The van der Waals surface area contributed by atoms with Crippen LogP contribution in [0.2, 0.25) is 0 Å². The van der Waals surface area contributed by atoms with E-state index in [1.54, 1.807) is 6.26 Å². The Balaban J connectivity index is 2.14. The van der Waals surface area contributed by atoms with E-state index in [2.05, 4.69) is 23.5 Å². The minimum atomic E-state index is 0.491. The van der Waals surface area contributed by atoms with Crippen molar-refractivity contribution in [2.45, 2.75) is 18.9 Å². The van der Waals surface area contributed by atoms with Crippen molar-refractivity contribution in [1.82, 2.24) is 5.32 Å². The summed E-state index contributed by atoms with van der Waals surface area (Å²) >= 11 is 0. The molecule has 1 aromatic carbocycles. The predicted octanol–water partition coefficient (Wildman–Crippen LogP) is 2.86. The van der Waals surface area contributed by atoms with E-state index in [1.807, 2.05) is 6.07 Å². The fourth-order valence-corrected chi connectivity index (χ4v) is 2.24. The van der Waals surface area contributed by atoms with Crippen LogP contribution in [0.4, 0.5) is 0 Å². The third-order valence-electron chi connectivity index (χ3n) is 2.95. The van der Waals surface area contributed by atoms with Crippen molar-refractivity contribution in [2.24, 2.45) is 0 Å². The molecule has 0 saturated carbocycles. The summed E-state index contributed by atoms with van der Waals surface area (Å²) in [7, 11) is 0. The van der Waals surface area contributed by atoms with Crippen molar-refractivity contribution in [3.8, 4) is 0 Å².